The first-order valence-electron chi connectivity index (χ1n) is 6.62. The summed E-state index contributed by atoms with van der Waals surface area (Å²) < 4.78 is 24.3. The van der Waals surface area contributed by atoms with Crippen molar-refractivity contribution in [2.45, 2.75) is 18.1 Å². The van der Waals surface area contributed by atoms with Gasteiger partial charge in [-0.1, -0.05) is 0 Å². The number of nitrogen functional groups attached to an aromatic ring is 1. The second kappa shape index (κ2) is 5.27. The van der Waals surface area contributed by atoms with Crippen molar-refractivity contribution in [2.75, 3.05) is 18.0 Å². The molecule has 0 aromatic carbocycles. The number of sulfone groups is 1. The van der Waals surface area contributed by atoms with E-state index in [-0.39, 0.29) is 18.2 Å². The average molecular weight is 325 g/mol. The quantitative estimate of drug-likeness (QED) is 0.882. The van der Waals surface area contributed by atoms with Crippen molar-refractivity contribution in [2.24, 2.45) is 0 Å². The van der Waals surface area contributed by atoms with Crippen molar-refractivity contribution in [1.82, 2.24) is 10.3 Å². The van der Waals surface area contributed by atoms with E-state index < -0.39 is 15.1 Å². The number of carbonyl (C=O) groups excluding carboxylic acids is 1. The molecule has 1 aliphatic heterocycles. The summed E-state index contributed by atoms with van der Waals surface area (Å²) in [5.41, 5.74) is 6.91. The number of hydrogen-bond acceptors (Lipinski definition) is 6. The van der Waals surface area contributed by atoms with Crippen molar-refractivity contribution in [3.63, 3.8) is 0 Å². The summed E-state index contributed by atoms with van der Waals surface area (Å²) in [5.74, 6) is -0.125. The van der Waals surface area contributed by atoms with Crippen LogP contribution in [0.25, 0.3) is 10.2 Å². The zero-order valence-electron chi connectivity index (χ0n) is 11.2. The number of carbonyl (C=O) groups is 1. The Morgan fingerprint density at radius 1 is 1.52 bits per heavy atom. The number of rotatable bonds is 3. The Hall–Kier alpha value is -1.67. The Kier molecular flexibility index (Phi) is 3.58. The second-order valence-corrected chi connectivity index (χ2v) is 8.49. The first-order valence-corrected chi connectivity index (χ1v) is 9.15. The van der Waals surface area contributed by atoms with Crippen LogP contribution in [-0.4, -0.2) is 36.9 Å². The predicted octanol–water partition coefficient (Wildman–Crippen LogP) is 1.19. The number of thiophene rings is 1. The molecule has 21 heavy (non-hydrogen) atoms. The van der Waals surface area contributed by atoms with Crippen LogP contribution < -0.4 is 11.1 Å². The molecule has 2 aromatic heterocycles. The van der Waals surface area contributed by atoms with Crippen LogP contribution in [0, 0.1) is 0 Å². The first kappa shape index (κ1) is 14.3. The molecule has 1 fully saturated rings. The van der Waals surface area contributed by atoms with E-state index in [1.54, 1.807) is 12.3 Å². The van der Waals surface area contributed by atoms with Crippen LogP contribution in [0.4, 0.5) is 5.69 Å². The number of fused-ring (bicyclic) bond motifs is 1. The van der Waals surface area contributed by atoms with Crippen LogP contribution >= 0.6 is 11.3 Å². The lowest BCUT2D eigenvalue weighted by Crippen LogP contribution is -2.34. The molecule has 1 unspecified atom stereocenters. The highest BCUT2D eigenvalue weighted by Crippen LogP contribution is 2.31. The zero-order valence-corrected chi connectivity index (χ0v) is 12.8. The van der Waals surface area contributed by atoms with Gasteiger partial charge in [0.25, 0.3) is 5.91 Å². The first-order chi connectivity index (χ1) is 9.99. The van der Waals surface area contributed by atoms with E-state index in [0.29, 0.717) is 28.9 Å². The van der Waals surface area contributed by atoms with E-state index >= 15 is 0 Å². The maximum Gasteiger partial charge on any atom is 0.263 e. The van der Waals surface area contributed by atoms with Gasteiger partial charge in [0.2, 0.25) is 0 Å². The van der Waals surface area contributed by atoms with Gasteiger partial charge in [-0.3, -0.25) is 9.78 Å². The van der Waals surface area contributed by atoms with Crippen LogP contribution in [0.3, 0.4) is 0 Å². The van der Waals surface area contributed by atoms with Gasteiger partial charge in [-0.05, 0) is 25.0 Å². The number of hydrogen-bond donors (Lipinski definition) is 2. The molecule has 1 aliphatic rings. The van der Waals surface area contributed by atoms with Gasteiger partial charge in [-0.2, -0.15) is 0 Å². The topological polar surface area (TPSA) is 102 Å². The zero-order chi connectivity index (χ0) is 15.0. The van der Waals surface area contributed by atoms with E-state index in [1.807, 2.05) is 6.07 Å². The van der Waals surface area contributed by atoms with Crippen LogP contribution in [0.5, 0.6) is 0 Å². The molecule has 0 spiro atoms. The summed E-state index contributed by atoms with van der Waals surface area (Å²) in [6.07, 6.45) is 2.89. The van der Waals surface area contributed by atoms with Crippen LogP contribution in [0.1, 0.15) is 22.5 Å². The van der Waals surface area contributed by atoms with Gasteiger partial charge in [0.15, 0.2) is 9.84 Å². The highest BCUT2D eigenvalue weighted by atomic mass is 32.2. The molecule has 2 aromatic rings. The molecule has 3 heterocycles. The van der Waals surface area contributed by atoms with Gasteiger partial charge >= 0.3 is 0 Å². The minimum absolute atomic E-state index is 0.141. The third kappa shape index (κ3) is 2.60. The maximum atomic E-state index is 12.2. The number of nitrogens with zero attached hydrogens (tertiary/aromatic N) is 1. The summed E-state index contributed by atoms with van der Waals surface area (Å²) in [7, 11) is -3.05. The molecular weight excluding hydrogens is 310 g/mol. The normalized spacial score (nSPS) is 20.7. The Balaban J connectivity index is 1.77. The Morgan fingerprint density at radius 2 is 2.33 bits per heavy atom. The number of anilines is 1. The van der Waals surface area contributed by atoms with Gasteiger partial charge in [0, 0.05) is 12.7 Å². The molecule has 3 N–H and O–H groups in total. The second-order valence-electron chi connectivity index (χ2n) is 5.04. The summed E-state index contributed by atoms with van der Waals surface area (Å²) in [6, 6.07) is 3.63. The summed E-state index contributed by atoms with van der Waals surface area (Å²) in [4.78, 5) is 16.7. The molecule has 1 saturated heterocycles. The number of aromatic nitrogens is 1. The molecule has 0 aliphatic carbocycles. The minimum Gasteiger partial charge on any atom is -0.396 e. The lowest BCUT2D eigenvalue weighted by molar-refractivity contribution is 0.0958. The fourth-order valence-corrected chi connectivity index (χ4v) is 5.25. The van der Waals surface area contributed by atoms with Gasteiger partial charge < -0.3 is 11.1 Å². The highest BCUT2D eigenvalue weighted by molar-refractivity contribution is 7.92. The molecule has 8 heteroatoms. The van der Waals surface area contributed by atoms with E-state index in [2.05, 4.69) is 10.3 Å². The summed E-state index contributed by atoms with van der Waals surface area (Å²) >= 11 is 1.27. The van der Waals surface area contributed by atoms with Gasteiger partial charge in [0.1, 0.15) is 10.4 Å². The molecule has 0 saturated carbocycles. The fraction of sp³-hybridized carbons (Fsp3) is 0.385. The van der Waals surface area contributed by atoms with Crippen molar-refractivity contribution >= 4 is 43.0 Å². The third-order valence-electron chi connectivity index (χ3n) is 3.64. The SMILES string of the molecule is Nc1c(C(=O)NCC2CCCS2(=O)=O)sc2cccnc12. The largest absolute Gasteiger partial charge is 0.396 e. The molecule has 112 valence electrons. The average Bonchev–Trinajstić information content (AvgIpc) is 2.97. The standard InChI is InChI=1S/C13H15N3O3S2/c14-10-11-9(4-1-5-15-11)20-12(10)13(17)16-7-8-3-2-6-21(8,18)19/h1,4-5,8H,2-3,6-7,14H2,(H,16,17). The van der Waals surface area contributed by atoms with Crippen LogP contribution in [-0.2, 0) is 9.84 Å². The molecule has 3 rings (SSSR count). The third-order valence-corrected chi connectivity index (χ3v) is 7.08. The van der Waals surface area contributed by atoms with Gasteiger partial charge in [0.05, 0.1) is 21.4 Å². The van der Waals surface area contributed by atoms with Crippen LogP contribution in [0.15, 0.2) is 18.3 Å². The van der Waals surface area contributed by atoms with E-state index in [1.165, 1.54) is 11.3 Å². The minimum atomic E-state index is -3.05. The van der Waals surface area contributed by atoms with Crippen molar-refractivity contribution in [1.29, 1.82) is 0 Å². The lowest BCUT2D eigenvalue weighted by atomic mass is 10.2. The number of nitrogens with one attached hydrogen (secondary N) is 1. The van der Waals surface area contributed by atoms with Crippen molar-refractivity contribution < 1.29 is 13.2 Å². The maximum absolute atomic E-state index is 12.2. The predicted molar refractivity (Wildman–Crippen MR) is 83.2 cm³/mol. The fourth-order valence-electron chi connectivity index (χ4n) is 2.49. The van der Waals surface area contributed by atoms with Crippen molar-refractivity contribution in [3.05, 3.63) is 23.2 Å². The highest BCUT2D eigenvalue weighted by Gasteiger charge is 2.31. The van der Waals surface area contributed by atoms with Gasteiger partial charge in [-0.15, -0.1) is 11.3 Å². The molecule has 1 amide bonds. The number of nitrogens with two attached hydrogens (primary N) is 1. The smallest absolute Gasteiger partial charge is 0.263 e. The van der Waals surface area contributed by atoms with Crippen LogP contribution in [0.2, 0.25) is 0 Å². The Labute approximate surface area is 126 Å². The number of pyridine rings is 1. The summed E-state index contributed by atoms with van der Waals surface area (Å²) in [5, 5.41) is 2.21. The Bertz CT molecular complexity index is 798. The van der Waals surface area contributed by atoms with E-state index in [9.17, 15) is 13.2 Å². The van der Waals surface area contributed by atoms with Gasteiger partial charge in [-0.25, -0.2) is 8.42 Å². The Morgan fingerprint density at radius 3 is 3.00 bits per heavy atom. The summed E-state index contributed by atoms with van der Waals surface area (Å²) in [6.45, 7) is 0.141. The van der Waals surface area contributed by atoms with Crippen molar-refractivity contribution in [3.8, 4) is 0 Å². The van der Waals surface area contributed by atoms with E-state index in [0.717, 1.165) is 4.70 Å². The molecule has 0 bridgehead atoms. The molecular formula is C13H15N3O3S2. The molecule has 0 radical (unpaired) electrons. The monoisotopic (exact) mass is 325 g/mol. The lowest BCUT2D eigenvalue weighted by Gasteiger charge is -2.10. The van der Waals surface area contributed by atoms with E-state index in [4.69, 9.17) is 5.73 Å². The number of amides is 1. The molecule has 6 nitrogen and oxygen atoms in total. The molecule has 1 atom stereocenters.